The monoisotopic (exact) mass is 265 g/mol. The van der Waals surface area contributed by atoms with Crippen LogP contribution in [0.3, 0.4) is 0 Å². The minimum absolute atomic E-state index is 0.370. The minimum Gasteiger partial charge on any atom is -0.464 e. The third-order valence-corrected chi connectivity index (χ3v) is 3.79. The van der Waals surface area contributed by atoms with Crippen molar-refractivity contribution in [2.75, 3.05) is 13.2 Å². The molecule has 0 spiro atoms. The number of cyclic esters (lactones) is 1. The van der Waals surface area contributed by atoms with E-state index in [2.05, 4.69) is 17.1 Å². The quantitative estimate of drug-likeness (QED) is 0.477. The molecule has 1 unspecified atom stereocenters. The summed E-state index contributed by atoms with van der Waals surface area (Å²) in [6.07, 6.45) is 1.36. The molecule has 2 rings (SSSR count). The highest BCUT2D eigenvalue weighted by molar-refractivity contribution is 6.46. The minimum atomic E-state index is -1.03. The van der Waals surface area contributed by atoms with E-state index in [1.54, 1.807) is 6.92 Å². The van der Waals surface area contributed by atoms with Gasteiger partial charge in [0.2, 0.25) is 0 Å². The fourth-order valence-corrected chi connectivity index (χ4v) is 2.14. The number of hydrogen-bond donors (Lipinski definition) is 0. The number of rotatable bonds is 4. The number of aliphatic imine (C=N–C) groups is 1. The Kier molecular flexibility index (Phi) is 4.02. The van der Waals surface area contributed by atoms with Crippen molar-refractivity contribution in [3.05, 3.63) is 35.9 Å². The number of benzene rings is 1. The van der Waals surface area contributed by atoms with E-state index in [1.807, 2.05) is 18.2 Å². The van der Waals surface area contributed by atoms with E-state index in [-0.39, 0.29) is 5.97 Å². The van der Waals surface area contributed by atoms with Gasteiger partial charge < -0.3 is 4.74 Å². The number of alkyl halides is 1. The Balaban J connectivity index is 1.95. The van der Waals surface area contributed by atoms with Gasteiger partial charge in [0, 0.05) is 18.7 Å². The van der Waals surface area contributed by atoms with Gasteiger partial charge in [0.05, 0.1) is 6.61 Å². The topological polar surface area (TPSA) is 38.7 Å². The van der Waals surface area contributed by atoms with Gasteiger partial charge in [-0.15, -0.1) is 0 Å². The van der Waals surface area contributed by atoms with Gasteiger partial charge in [-0.05, 0) is 18.9 Å². The Bertz CT molecular complexity index is 458. The number of carbonyl (C=O) groups is 1. The van der Waals surface area contributed by atoms with E-state index in [0.29, 0.717) is 25.3 Å². The van der Waals surface area contributed by atoms with E-state index in [4.69, 9.17) is 16.3 Å². The number of ether oxygens (including phenoxy) is 1. The lowest BCUT2D eigenvalue weighted by atomic mass is 10.0. The highest BCUT2D eigenvalue weighted by Gasteiger charge is 2.45. The van der Waals surface area contributed by atoms with Crippen molar-refractivity contribution in [1.29, 1.82) is 0 Å². The third-order valence-electron chi connectivity index (χ3n) is 3.17. The zero-order chi connectivity index (χ0) is 13.0. The first-order chi connectivity index (χ1) is 8.63. The smallest absolute Gasteiger partial charge is 0.333 e. The molecule has 0 aromatic heterocycles. The van der Waals surface area contributed by atoms with Crippen LogP contribution >= 0.6 is 11.6 Å². The van der Waals surface area contributed by atoms with Crippen LogP contribution in [0.4, 0.5) is 0 Å². The lowest BCUT2D eigenvalue weighted by molar-refractivity contribution is -0.138. The van der Waals surface area contributed by atoms with E-state index in [0.717, 1.165) is 6.42 Å². The Labute approximate surface area is 112 Å². The second kappa shape index (κ2) is 5.53. The van der Waals surface area contributed by atoms with Crippen LogP contribution in [0.25, 0.3) is 0 Å². The average molecular weight is 266 g/mol. The van der Waals surface area contributed by atoms with Gasteiger partial charge >= 0.3 is 5.97 Å². The summed E-state index contributed by atoms with van der Waals surface area (Å²) in [5.41, 5.74) is 1.88. The van der Waals surface area contributed by atoms with Gasteiger partial charge in [0.25, 0.3) is 0 Å². The van der Waals surface area contributed by atoms with Crippen LogP contribution in [-0.4, -0.2) is 29.7 Å². The lowest BCUT2D eigenvalue weighted by Gasteiger charge is -2.15. The van der Waals surface area contributed by atoms with E-state index >= 15 is 0 Å². The van der Waals surface area contributed by atoms with Gasteiger partial charge in [-0.2, -0.15) is 0 Å². The van der Waals surface area contributed by atoms with E-state index in [9.17, 15) is 4.79 Å². The molecular weight excluding hydrogens is 250 g/mol. The predicted molar refractivity (Wildman–Crippen MR) is 72.3 cm³/mol. The van der Waals surface area contributed by atoms with Gasteiger partial charge in [-0.25, -0.2) is 4.79 Å². The first-order valence-corrected chi connectivity index (χ1v) is 6.42. The van der Waals surface area contributed by atoms with Crippen LogP contribution in [0.5, 0.6) is 0 Å². The second-order valence-corrected chi connectivity index (χ2v) is 5.04. The van der Waals surface area contributed by atoms with Crippen molar-refractivity contribution in [3.8, 4) is 0 Å². The number of nitrogens with zero attached hydrogens (tertiary/aromatic N) is 1. The summed E-state index contributed by atoms with van der Waals surface area (Å²) in [6.45, 7) is 2.82. The first kappa shape index (κ1) is 13.1. The average Bonchev–Trinajstić information content (AvgIpc) is 2.72. The molecule has 0 bridgehead atoms. The molecule has 0 saturated carbocycles. The zero-order valence-electron chi connectivity index (χ0n) is 10.4. The molecule has 1 fully saturated rings. The fraction of sp³-hybridized carbons (Fsp3) is 0.429. The van der Waals surface area contributed by atoms with Crippen LogP contribution < -0.4 is 0 Å². The maximum Gasteiger partial charge on any atom is 0.333 e. The molecule has 0 aliphatic carbocycles. The summed E-state index contributed by atoms with van der Waals surface area (Å²) in [5, 5.41) is 0. The molecule has 1 aliphatic heterocycles. The van der Waals surface area contributed by atoms with Crippen molar-refractivity contribution in [2.45, 2.75) is 24.6 Å². The predicted octanol–water partition coefficient (Wildman–Crippen LogP) is 2.61. The maximum absolute atomic E-state index is 11.5. The summed E-state index contributed by atoms with van der Waals surface area (Å²) in [4.78, 5) is 14.9. The molecule has 96 valence electrons. The molecule has 0 amide bonds. The number of halogens is 1. The molecule has 18 heavy (non-hydrogen) atoms. The Morgan fingerprint density at radius 1 is 1.44 bits per heavy atom. The van der Waals surface area contributed by atoms with Crippen LogP contribution in [0.15, 0.2) is 35.3 Å². The van der Waals surface area contributed by atoms with Crippen molar-refractivity contribution in [2.24, 2.45) is 4.99 Å². The maximum atomic E-state index is 11.5. The molecule has 0 N–H and O–H groups in total. The molecule has 1 aromatic carbocycles. The molecule has 1 atom stereocenters. The number of hydrogen-bond acceptors (Lipinski definition) is 3. The summed E-state index contributed by atoms with van der Waals surface area (Å²) >= 11 is 6.25. The summed E-state index contributed by atoms with van der Waals surface area (Å²) < 4.78 is 4.90. The standard InChI is InChI=1S/C14H16ClNO2/c1-11(14(15)8-10-18-13(14)17)16-9-7-12-5-3-2-4-6-12/h2-6H,7-10H2,1H3. The third kappa shape index (κ3) is 2.72. The zero-order valence-corrected chi connectivity index (χ0v) is 11.1. The molecular formula is C14H16ClNO2. The highest BCUT2D eigenvalue weighted by Crippen LogP contribution is 2.29. The van der Waals surface area contributed by atoms with Gasteiger partial charge in [0.15, 0.2) is 4.87 Å². The summed E-state index contributed by atoms with van der Waals surface area (Å²) in [7, 11) is 0. The van der Waals surface area contributed by atoms with E-state index < -0.39 is 4.87 Å². The lowest BCUT2D eigenvalue weighted by Crippen LogP contribution is -2.35. The number of esters is 1. The Morgan fingerprint density at radius 3 is 2.78 bits per heavy atom. The van der Waals surface area contributed by atoms with Gasteiger partial charge in [-0.3, -0.25) is 4.99 Å². The number of carbonyl (C=O) groups excluding carboxylic acids is 1. The van der Waals surface area contributed by atoms with Crippen molar-refractivity contribution in [3.63, 3.8) is 0 Å². The summed E-state index contributed by atoms with van der Waals surface area (Å²) in [5.74, 6) is -0.370. The van der Waals surface area contributed by atoms with Crippen LogP contribution in [0.1, 0.15) is 18.9 Å². The fourth-order valence-electron chi connectivity index (χ4n) is 1.95. The largest absolute Gasteiger partial charge is 0.464 e. The van der Waals surface area contributed by atoms with Crippen LogP contribution in [0.2, 0.25) is 0 Å². The molecule has 1 aliphatic rings. The molecule has 4 heteroatoms. The SMILES string of the molecule is CC(=NCCc1ccccc1)C1(Cl)CCOC1=O. The van der Waals surface area contributed by atoms with Gasteiger partial charge in [0.1, 0.15) is 0 Å². The van der Waals surface area contributed by atoms with Crippen molar-refractivity contribution < 1.29 is 9.53 Å². The molecule has 1 aromatic rings. The molecule has 3 nitrogen and oxygen atoms in total. The molecule has 1 saturated heterocycles. The normalized spacial score (nSPS) is 24.1. The van der Waals surface area contributed by atoms with Crippen molar-refractivity contribution >= 4 is 23.3 Å². The Hall–Kier alpha value is -1.35. The van der Waals surface area contributed by atoms with Gasteiger partial charge in [-0.1, -0.05) is 41.9 Å². The summed E-state index contributed by atoms with van der Waals surface area (Å²) in [6, 6.07) is 10.1. The van der Waals surface area contributed by atoms with Crippen LogP contribution in [0, 0.1) is 0 Å². The molecule has 1 heterocycles. The van der Waals surface area contributed by atoms with Crippen molar-refractivity contribution in [1.82, 2.24) is 0 Å². The van der Waals surface area contributed by atoms with E-state index in [1.165, 1.54) is 5.56 Å². The first-order valence-electron chi connectivity index (χ1n) is 6.04. The molecule has 0 radical (unpaired) electrons. The highest BCUT2D eigenvalue weighted by atomic mass is 35.5. The second-order valence-electron chi connectivity index (χ2n) is 4.39. The van der Waals surface area contributed by atoms with Crippen LogP contribution in [-0.2, 0) is 16.0 Å². The Morgan fingerprint density at radius 2 is 2.17 bits per heavy atom.